The Kier molecular flexibility index (Phi) is 2.88. The summed E-state index contributed by atoms with van der Waals surface area (Å²) in [6.45, 7) is 3.26. The molecule has 1 aliphatic heterocycles. The molecule has 0 radical (unpaired) electrons. The third kappa shape index (κ3) is 2.16. The number of alkyl halides is 1. The molecule has 6 heteroatoms. The van der Waals surface area contributed by atoms with Gasteiger partial charge in [-0.1, -0.05) is 5.10 Å². The lowest BCUT2D eigenvalue weighted by Crippen LogP contribution is -2.18. The summed E-state index contributed by atoms with van der Waals surface area (Å²) in [5.74, 6) is 0.438. The van der Waals surface area contributed by atoms with Crippen LogP contribution >= 0.6 is 11.6 Å². The molecule has 2 atom stereocenters. The molecule has 0 saturated carbocycles. The highest BCUT2D eigenvalue weighted by Gasteiger charge is 2.18. The third-order valence-corrected chi connectivity index (χ3v) is 2.22. The predicted octanol–water partition coefficient (Wildman–Crippen LogP) is 1.57. The zero-order chi connectivity index (χ0) is 9.97. The van der Waals surface area contributed by atoms with E-state index in [2.05, 4.69) is 15.5 Å². The standard InChI is InChI=1S/C8H12ClN3O2/c1-5(9)7-11-12-8(14-7)10-6-2-3-13-4-6/h5-6H,2-4H2,1H3,(H,10,12). The molecular formula is C8H12ClN3O2. The second-order valence-corrected chi connectivity index (χ2v) is 3.92. The van der Waals surface area contributed by atoms with E-state index in [1.807, 2.05) is 0 Å². The van der Waals surface area contributed by atoms with E-state index in [0.717, 1.165) is 13.0 Å². The maximum absolute atomic E-state index is 5.78. The summed E-state index contributed by atoms with van der Waals surface area (Å²) < 4.78 is 10.5. The predicted molar refractivity (Wildman–Crippen MR) is 51.4 cm³/mol. The number of hydrogen-bond acceptors (Lipinski definition) is 5. The van der Waals surface area contributed by atoms with Crippen LogP contribution in [0.2, 0.25) is 0 Å². The van der Waals surface area contributed by atoms with Crippen LogP contribution in [0.15, 0.2) is 4.42 Å². The van der Waals surface area contributed by atoms with Crippen LogP contribution in [0.4, 0.5) is 6.01 Å². The summed E-state index contributed by atoms with van der Waals surface area (Å²) >= 11 is 5.78. The van der Waals surface area contributed by atoms with Crippen LogP contribution in [0.25, 0.3) is 0 Å². The van der Waals surface area contributed by atoms with Crippen molar-refractivity contribution >= 4 is 17.6 Å². The zero-order valence-electron chi connectivity index (χ0n) is 7.86. The number of nitrogens with zero attached hydrogens (tertiary/aromatic N) is 2. The van der Waals surface area contributed by atoms with E-state index < -0.39 is 0 Å². The number of aromatic nitrogens is 2. The van der Waals surface area contributed by atoms with E-state index in [1.165, 1.54) is 0 Å². The van der Waals surface area contributed by atoms with Crippen molar-refractivity contribution < 1.29 is 9.15 Å². The quantitative estimate of drug-likeness (QED) is 0.779. The largest absolute Gasteiger partial charge is 0.406 e. The fraction of sp³-hybridized carbons (Fsp3) is 0.750. The van der Waals surface area contributed by atoms with Crippen molar-refractivity contribution in [2.75, 3.05) is 18.5 Å². The molecule has 1 aliphatic rings. The molecular weight excluding hydrogens is 206 g/mol. The topological polar surface area (TPSA) is 60.2 Å². The number of halogens is 1. The molecule has 1 N–H and O–H groups in total. The van der Waals surface area contributed by atoms with Crippen molar-refractivity contribution in [1.29, 1.82) is 0 Å². The Bertz CT molecular complexity index is 297. The van der Waals surface area contributed by atoms with Gasteiger partial charge in [0, 0.05) is 6.61 Å². The molecule has 1 saturated heterocycles. The van der Waals surface area contributed by atoms with Crippen LogP contribution in [0, 0.1) is 0 Å². The Labute approximate surface area is 86.8 Å². The lowest BCUT2D eigenvalue weighted by molar-refractivity contribution is 0.195. The van der Waals surface area contributed by atoms with Gasteiger partial charge >= 0.3 is 6.01 Å². The van der Waals surface area contributed by atoms with Gasteiger partial charge in [0.1, 0.15) is 5.38 Å². The van der Waals surface area contributed by atoms with Gasteiger partial charge in [-0.15, -0.1) is 16.7 Å². The molecule has 0 aliphatic carbocycles. The van der Waals surface area contributed by atoms with Crippen molar-refractivity contribution in [3.63, 3.8) is 0 Å². The van der Waals surface area contributed by atoms with E-state index in [0.29, 0.717) is 18.5 Å². The number of anilines is 1. The van der Waals surface area contributed by atoms with Gasteiger partial charge in [-0.2, -0.15) is 0 Å². The van der Waals surface area contributed by atoms with Crippen LogP contribution in [0.3, 0.4) is 0 Å². The lowest BCUT2D eigenvalue weighted by atomic mass is 10.3. The summed E-state index contributed by atoms with van der Waals surface area (Å²) in [7, 11) is 0. The molecule has 2 heterocycles. The fourth-order valence-electron chi connectivity index (χ4n) is 1.28. The van der Waals surface area contributed by atoms with Gasteiger partial charge < -0.3 is 14.5 Å². The molecule has 0 bridgehead atoms. The molecule has 1 aromatic heterocycles. The maximum atomic E-state index is 5.78. The van der Waals surface area contributed by atoms with E-state index in [9.17, 15) is 0 Å². The van der Waals surface area contributed by atoms with E-state index in [-0.39, 0.29) is 11.4 Å². The summed E-state index contributed by atoms with van der Waals surface area (Å²) in [5, 5.41) is 10.5. The summed E-state index contributed by atoms with van der Waals surface area (Å²) in [5.41, 5.74) is 0. The molecule has 0 aromatic carbocycles. The van der Waals surface area contributed by atoms with E-state index >= 15 is 0 Å². The van der Waals surface area contributed by atoms with Crippen molar-refractivity contribution in [3.8, 4) is 0 Å². The molecule has 0 spiro atoms. The molecule has 1 fully saturated rings. The maximum Gasteiger partial charge on any atom is 0.315 e. The number of rotatable bonds is 3. The smallest absolute Gasteiger partial charge is 0.315 e. The molecule has 0 amide bonds. The first-order valence-electron chi connectivity index (χ1n) is 4.57. The van der Waals surface area contributed by atoms with Gasteiger partial charge in [0.25, 0.3) is 0 Å². The van der Waals surface area contributed by atoms with Crippen LogP contribution in [0.5, 0.6) is 0 Å². The monoisotopic (exact) mass is 217 g/mol. The summed E-state index contributed by atoms with van der Waals surface area (Å²) in [6.07, 6.45) is 0.966. The normalized spacial score (nSPS) is 23.7. The highest BCUT2D eigenvalue weighted by molar-refractivity contribution is 6.20. The Morgan fingerprint density at radius 3 is 3.00 bits per heavy atom. The average molecular weight is 218 g/mol. The van der Waals surface area contributed by atoms with Gasteiger partial charge in [-0.05, 0) is 13.3 Å². The van der Waals surface area contributed by atoms with Crippen molar-refractivity contribution in [3.05, 3.63) is 5.89 Å². The molecule has 14 heavy (non-hydrogen) atoms. The SMILES string of the molecule is CC(Cl)c1nnc(NC2CCOC2)o1. The number of nitrogens with one attached hydrogen (secondary N) is 1. The molecule has 5 nitrogen and oxygen atoms in total. The number of ether oxygens (including phenoxy) is 1. The summed E-state index contributed by atoms with van der Waals surface area (Å²) in [4.78, 5) is 0. The van der Waals surface area contributed by atoms with E-state index in [1.54, 1.807) is 6.92 Å². The highest BCUT2D eigenvalue weighted by Crippen LogP contribution is 2.20. The minimum atomic E-state index is -0.252. The van der Waals surface area contributed by atoms with Gasteiger partial charge in [0.15, 0.2) is 0 Å². The first-order valence-corrected chi connectivity index (χ1v) is 5.01. The fourth-order valence-corrected chi connectivity index (χ4v) is 1.36. The van der Waals surface area contributed by atoms with Crippen molar-refractivity contribution in [2.24, 2.45) is 0 Å². The molecule has 78 valence electrons. The Morgan fingerprint density at radius 2 is 2.43 bits per heavy atom. The second kappa shape index (κ2) is 4.14. The first kappa shape index (κ1) is 9.73. The van der Waals surface area contributed by atoms with Crippen LogP contribution in [0.1, 0.15) is 24.6 Å². The zero-order valence-corrected chi connectivity index (χ0v) is 8.62. The Morgan fingerprint density at radius 1 is 1.57 bits per heavy atom. The van der Waals surface area contributed by atoms with Crippen LogP contribution < -0.4 is 5.32 Å². The minimum absolute atomic E-state index is 0.252. The minimum Gasteiger partial charge on any atom is -0.406 e. The summed E-state index contributed by atoms with van der Waals surface area (Å²) in [6, 6.07) is 0.692. The lowest BCUT2D eigenvalue weighted by Gasteiger charge is -2.06. The highest BCUT2D eigenvalue weighted by atomic mass is 35.5. The van der Waals surface area contributed by atoms with E-state index in [4.69, 9.17) is 20.8 Å². The van der Waals surface area contributed by atoms with Crippen LogP contribution in [-0.4, -0.2) is 29.5 Å². The first-order chi connectivity index (χ1) is 6.75. The molecule has 1 aromatic rings. The number of hydrogen-bond donors (Lipinski definition) is 1. The molecule has 2 rings (SSSR count). The van der Waals surface area contributed by atoms with Crippen molar-refractivity contribution in [1.82, 2.24) is 10.2 Å². The Hall–Kier alpha value is -0.810. The molecule has 2 unspecified atom stereocenters. The average Bonchev–Trinajstić information content (AvgIpc) is 2.75. The van der Waals surface area contributed by atoms with Crippen LogP contribution in [-0.2, 0) is 4.74 Å². The van der Waals surface area contributed by atoms with Crippen molar-refractivity contribution in [2.45, 2.75) is 24.8 Å². The van der Waals surface area contributed by atoms with Gasteiger partial charge in [-0.25, -0.2) is 0 Å². The van der Waals surface area contributed by atoms with Gasteiger partial charge in [0.2, 0.25) is 5.89 Å². The second-order valence-electron chi connectivity index (χ2n) is 3.27. The Balaban J connectivity index is 1.95. The van der Waals surface area contributed by atoms with Gasteiger partial charge in [-0.3, -0.25) is 0 Å². The third-order valence-electron chi connectivity index (χ3n) is 2.04. The van der Waals surface area contributed by atoms with Gasteiger partial charge in [0.05, 0.1) is 12.6 Å².